The van der Waals surface area contributed by atoms with E-state index in [4.69, 9.17) is 0 Å². The second-order valence-corrected chi connectivity index (χ2v) is 4.76. The molecule has 0 aromatic carbocycles. The van der Waals surface area contributed by atoms with Gasteiger partial charge in [0.05, 0.1) is 6.54 Å². The Balaban J connectivity index is 1.77. The first-order valence-corrected chi connectivity index (χ1v) is 5.87. The lowest BCUT2D eigenvalue weighted by Crippen LogP contribution is -2.38. The predicted octanol–water partition coefficient (Wildman–Crippen LogP) is -0.762. The van der Waals surface area contributed by atoms with E-state index in [1.165, 1.54) is 0 Å². The summed E-state index contributed by atoms with van der Waals surface area (Å²) in [5.41, 5.74) is 0.248. The summed E-state index contributed by atoms with van der Waals surface area (Å²) in [6.45, 7) is 2.12. The van der Waals surface area contributed by atoms with Gasteiger partial charge in [-0.25, -0.2) is 0 Å². The maximum absolute atomic E-state index is 11.8. The van der Waals surface area contributed by atoms with Gasteiger partial charge in [-0.3, -0.25) is 9.59 Å². The summed E-state index contributed by atoms with van der Waals surface area (Å²) < 4.78 is 0. The van der Waals surface area contributed by atoms with Gasteiger partial charge < -0.3 is 16.0 Å². The number of carbonyl (C=O) groups is 2. The summed E-state index contributed by atoms with van der Waals surface area (Å²) in [5, 5.41) is 8.49. The Labute approximate surface area is 95.3 Å². The minimum absolute atomic E-state index is 0.0468. The van der Waals surface area contributed by atoms with Crippen LogP contribution in [0.5, 0.6) is 0 Å². The summed E-state index contributed by atoms with van der Waals surface area (Å²) in [7, 11) is 1.57. The number of rotatable bonds is 3. The summed E-state index contributed by atoms with van der Waals surface area (Å²) in [6, 6.07) is 0. The first-order valence-electron chi connectivity index (χ1n) is 5.87. The molecule has 2 fully saturated rings. The predicted molar refractivity (Wildman–Crippen MR) is 59.7 cm³/mol. The Hall–Kier alpha value is -1.10. The third kappa shape index (κ3) is 2.19. The van der Waals surface area contributed by atoms with Crippen molar-refractivity contribution in [2.24, 2.45) is 11.3 Å². The van der Waals surface area contributed by atoms with Gasteiger partial charge in [-0.05, 0) is 37.8 Å². The lowest BCUT2D eigenvalue weighted by Gasteiger charge is -2.23. The molecule has 16 heavy (non-hydrogen) atoms. The third-order valence-electron chi connectivity index (χ3n) is 3.81. The van der Waals surface area contributed by atoms with E-state index in [1.54, 1.807) is 7.05 Å². The fraction of sp³-hybridized carbons (Fsp3) is 0.818. The molecule has 0 radical (unpaired) electrons. The molecule has 2 amide bonds. The summed E-state index contributed by atoms with van der Waals surface area (Å²) in [6.07, 6.45) is 3.17. The average molecular weight is 225 g/mol. The molecule has 3 N–H and O–H groups in total. The van der Waals surface area contributed by atoms with E-state index in [0.29, 0.717) is 0 Å². The topological polar surface area (TPSA) is 70.2 Å². The highest BCUT2D eigenvalue weighted by atomic mass is 16.2. The second kappa shape index (κ2) is 4.41. The molecule has 1 aliphatic carbocycles. The van der Waals surface area contributed by atoms with E-state index < -0.39 is 0 Å². The Bertz CT molecular complexity index is 298. The van der Waals surface area contributed by atoms with Crippen LogP contribution in [-0.2, 0) is 9.59 Å². The molecule has 5 heteroatoms. The number of hydrogen-bond acceptors (Lipinski definition) is 3. The Kier molecular flexibility index (Phi) is 3.14. The van der Waals surface area contributed by atoms with Crippen molar-refractivity contribution in [1.29, 1.82) is 0 Å². The Morgan fingerprint density at radius 1 is 1.38 bits per heavy atom. The number of likely N-dealkylation sites (N-methyl/N-ethyl adjacent to an activating group) is 1. The van der Waals surface area contributed by atoms with Gasteiger partial charge >= 0.3 is 0 Å². The Morgan fingerprint density at radius 2 is 2.06 bits per heavy atom. The normalized spacial score (nSPS) is 26.2. The van der Waals surface area contributed by atoms with Crippen molar-refractivity contribution >= 4 is 11.8 Å². The molecule has 1 saturated carbocycles. The lowest BCUT2D eigenvalue weighted by molar-refractivity contribution is -0.127. The maximum Gasteiger partial charge on any atom is 0.239 e. The molecule has 0 aromatic rings. The molecule has 90 valence electrons. The van der Waals surface area contributed by atoms with Crippen molar-refractivity contribution in [2.45, 2.75) is 19.3 Å². The number of amides is 2. The van der Waals surface area contributed by atoms with Crippen LogP contribution < -0.4 is 16.0 Å². The second-order valence-electron chi connectivity index (χ2n) is 4.76. The standard InChI is InChI=1S/C11H19N3O2/c1-12-9(15)7-14-10(16)8-6-11(8)2-4-13-5-3-11/h8,13H,2-7H2,1H3,(H,12,15)(H,14,16). The summed E-state index contributed by atoms with van der Waals surface area (Å²) in [5.74, 6) is 0.0399. The van der Waals surface area contributed by atoms with E-state index in [2.05, 4.69) is 16.0 Å². The van der Waals surface area contributed by atoms with Gasteiger partial charge in [0.1, 0.15) is 0 Å². The number of carbonyl (C=O) groups excluding carboxylic acids is 2. The SMILES string of the molecule is CNC(=O)CNC(=O)C1CC12CCNCC2. The third-order valence-corrected chi connectivity index (χ3v) is 3.81. The van der Waals surface area contributed by atoms with Crippen LogP contribution in [0, 0.1) is 11.3 Å². The van der Waals surface area contributed by atoms with E-state index in [0.717, 1.165) is 32.4 Å². The van der Waals surface area contributed by atoms with Crippen molar-refractivity contribution in [3.05, 3.63) is 0 Å². The minimum atomic E-state index is -0.145. The first kappa shape index (κ1) is 11.4. The number of hydrogen-bond donors (Lipinski definition) is 3. The van der Waals surface area contributed by atoms with Gasteiger partial charge in [-0.1, -0.05) is 0 Å². The van der Waals surface area contributed by atoms with Crippen molar-refractivity contribution < 1.29 is 9.59 Å². The lowest BCUT2D eigenvalue weighted by atomic mass is 9.92. The van der Waals surface area contributed by atoms with Crippen LogP contribution in [0.25, 0.3) is 0 Å². The van der Waals surface area contributed by atoms with E-state index in [1.807, 2.05) is 0 Å². The van der Waals surface area contributed by atoms with Crippen molar-refractivity contribution in [1.82, 2.24) is 16.0 Å². The van der Waals surface area contributed by atoms with E-state index in [-0.39, 0.29) is 29.7 Å². The molecule has 1 aliphatic heterocycles. The minimum Gasteiger partial charge on any atom is -0.358 e. The smallest absolute Gasteiger partial charge is 0.239 e. The highest BCUT2D eigenvalue weighted by Crippen LogP contribution is 2.58. The highest BCUT2D eigenvalue weighted by molar-refractivity contribution is 5.87. The first-order chi connectivity index (χ1) is 7.68. The molecular weight excluding hydrogens is 206 g/mol. The van der Waals surface area contributed by atoms with Crippen molar-refractivity contribution in [2.75, 3.05) is 26.7 Å². The fourth-order valence-corrected chi connectivity index (χ4v) is 2.57. The molecule has 1 atom stereocenters. The van der Waals surface area contributed by atoms with Crippen LogP contribution in [-0.4, -0.2) is 38.5 Å². The molecule has 1 spiro atoms. The monoisotopic (exact) mass is 225 g/mol. The van der Waals surface area contributed by atoms with E-state index in [9.17, 15) is 9.59 Å². The Morgan fingerprint density at radius 3 is 2.69 bits per heavy atom. The van der Waals surface area contributed by atoms with Gasteiger partial charge in [-0.15, -0.1) is 0 Å². The molecule has 5 nitrogen and oxygen atoms in total. The van der Waals surface area contributed by atoms with Crippen LogP contribution >= 0.6 is 0 Å². The number of piperidine rings is 1. The van der Waals surface area contributed by atoms with Gasteiger partial charge in [0.2, 0.25) is 11.8 Å². The van der Waals surface area contributed by atoms with Crippen LogP contribution in [0.2, 0.25) is 0 Å². The zero-order valence-electron chi connectivity index (χ0n) is 9.64. The molecule has 2 rings (SSSR count). The van der Waals surface area contributed by atoms with Crippen molar-refractivity contribution in [3.8, 4) is 0 Å². The van der Waals surface area contributed by atoms with Gasteiger partial charge in [0, 0.05) is 13.0 Å². The van der Waals surface area contributed by atoms with Crippen LogP contribution in [0.15, 0.2) is 0 Å². The zero-order valence-corrected chi connectivity index (χ0v) is 9.64. The largest absolute Gasteiger partial charge is 0.358 e. The average Bonchev–Trinajstić information content (AvgIpc) is 3.00. The van der Waals surface area contributed by atoms with Gasteiger partial charge in [0.25, 0.3) is 0 Å². The van der Waals surface area contributed by atoms with Crippen molar-refractivity contribution in [3.63, 3.8) is 0 Å². The summed E-state index contributed by atoms with van der Waals surface area (Å²) >= 11 is 0. The fourth-order valence-electron chi connectivity index (χ4n) is 2.57. The van der Waals surface area contributed by atoms with Gasteiger partial charge in [-0.2, -0.15) is 0 Å². The zero-order chi connectivity index (χ0) is 11.6. The molecule has 2 aliphatic rings. The maximum atomic E-state index is 11.8. The molecule has 1 unspecified atom stereocenters. The van der Waals surface area contributed by atoms with Crippen LogP contribution in [0.3, 0.4) is 0 Å². The van der Waals surface area contributed by atoms with E-state index >= 15 is 0 Å². The molecule has 0 bridgehead atoms. The highest BCUT2D eigenvalue weighted by Gasteiger charge is 2.57. The molecule has 1 saturated heterocycles. The van der Waals surface area contributed by atoms with Crippen LogP contribution in [0.1, 0.15) is 19.3 Å². The summed E-state index contributed by atoms with van der Waals surface area (Å²) in [4.78, 5) is 22.8. The molecule has 1 heterocycles. The quantitative estimate of drug-likeness (QED) is 0.591. The molecular formula is C11H19N3O2. The van der Waals surface area contributed by atoms with Gasteiger partial charge in [0.15, 0.2) is 0 Å². The molecule has 0 aromatic heterocycles. The number of nitrogens with one attached hydrogen (secondary N) is 3. The van der Waals surface area contributed by atoms with Crippen LogP contribution in [0.4, 0.5) is 0 Å².